The third-order valence-corrected chi connectivity index (χ3v) is 4.68. The van der Waals surface area contributed by atoms with E-state index in [-0.39, 0.29) is 5.91 Å². The van der Waals surface area contributed by atoms with E-state index in [0.29, 0.717) is 18.2 Å². The topological polar surface area (TPSA) is 60.0 Å². The zero-order valence-corrected chi connectivity index (χ0v) is 17.9. The van der Waals surface area contributed by atoms with E-state index in [1.807, 2.05) is 24.3 Å². The molecule has 1 aromatic rings. The molecule has 27 heavy (non-hydrogen) atoms. The SMILES string of the molecule is CCN(CC)CCCC(C)NC(=NC)NCc1ccc(C(=O)N(C)C)cc1. The Balaban J connectivity index is 2.42. The molecule has 1 amide bonds. The standard InChI is InChI=1S/C21H37N5O/c1-7-26(8-2)15-9-10-17(3)24-21(22-4)23-16-18-11-13-19(14-12-18)20(27)25(5)6/h11-14,17H,7-10,15-16H2,1-6H3,(H2,22,23,24). The van der Waals surface area contributed by atoms with Crippen LogP contribution in [-0.2, 0) is 6.54 Å². The van der Waals surface area contributed by atoms with E-state index >= 15 is 0 Å². The van der Waals surface area contributed by atoms with Gasteiger partial charge in [-0.2, -0.15) is 0 Å². The molecule has 0 bridgehead atoms. The highest BCUT2D eigenvalue weighted by Crippen LogP contribution is 2.06. The maximum atomic E-state index is 11.9. The van der Waals surface area contributed by atoms with Crippen molar-refractivity contribution in [3.63, 3.8) is 0 Å². The largest absolute Gasteiger partial charge is 0.354 e. The van der Waals surface area contributed by atoms with Gasteiger partial charge in [-0.25, -0.2) is 0 Å². The smallest absolute Gasteiger partial charge is 0.253 e. The van der Waals surface area contributed by atoms with Crippen LogP contribution in [0.1, 0.15) is 49.5 Å². The van der Waals surface area contributed by atoms with Gasteiger partial charge in [-0.3, -0.25) is 9.79 Å². The number of carbonyl (C=O) groups is 1. The van der Waals surface area contributed by atoms with E-state index in [9.17, 15) is 4.79 Å². The first kappa shape index (κ1) is 23.0. The molecule has 0 fully saturated rings. The molecule has 6 heteroatoms. The Kier molecular flexibility index (Phi) is 10.5. The summed E-state index contributed by atoms with van der Waals surface area (Å²) in [5, 5.41) is 6.79. The van der Waals surface area contributed by atoms with Crippen LogP contribution < -0.4 is 10.6 Å². The quantitative estimate of drug-likeness (QED) is 0.487. The van der Waals surface area contributed by atoms with Crippen molar-refractivity contribution in [1.82, 2.24) is 20.4 Å². The first-order valence-electron chi connectivity index (χ1n) is 9.91. The average molecular weight is 376 g/mol. The number of benzene rings is 1. The molecule has 1 unspecified atom stereocenters. The number of carbonyl (C=O) groups excluding carboxylic acids is 1. The number of nitrogens with one attached hydrogen (secondary N) is 2. The second kappa shape index (κ2) is 12.3. The van der Waals surface area contributed by atoms with E-state index in [1.165, 1.54) is 6.42 Å². The van der Waals surface area contributed by atoms with Gasteiger partial charge in [0, 0.05) is 39.3 Å². The molecule has 152 valence electrons. The van der Waals surface area contributed by atoms with Crippen LogP contribution in [0, 0.1) is 0 Å². The van der Waals surface area contributed by atoms with Crippen molar-refractivity contribution in [3.05, 3.63) is 35.4 Å². The second-order valence-electron chi connectivity index (χ2n) is 7.04. The van der Waals surface area contributed by atoms with Crippen molar-refractivity contribution in [3.8, 4) is 0 Å². The average Bonchev–Trinajstić information content (AvgIpc) is 2.68. The van der Waals surface area contributed by atoms with Gasteiger partial charge in [-0.1, -0.05) is 26.0 Å². The van der Waals surface area contributed by atoms with Crippen molar-refractivity contribution in [2.75, 3.05) is 40.8 Å². The van der Waals surface area contributed by atoms with Crippen LogP contribution in [0.4, 0.5) is 0 Å². The molecule has 0 spiro atoms. The second-order valence-corrected chi connectivity index (χ2v) is 7.04. The third kappa shape index (κ3) is 8.43. The highest BCUT2D eigenvalue weighted by Gasteiger charge is 2.09. The summed E-state index contributed by atoms with van der Waals surface area (Å²) in [4.78, 5) is 20.3. The first-order valence-corrected chi connectivity index (χ1v) is 9.91. The van der Waals surface area contributed by atoms with Gasteiger partial charge in [0.15, 0.2) is 5.96 Å². The lowest BCUT2D eigenvalue weighted by atomic mass is 10.1. The minimum absolute atomic E-state index is 0.0190. The van der Waals surface area contributed by atoms with Gasteiger partial charge in [0.25, 0.3) is 5.91 Å². The number of hydrogen-bond donors (Lipinski definition) is 2. The van der Waals surface area contributed by atoms with E-state index in [0.717, 1.165) is 37.6 Å². The van der Waals surface area contributed by atoms with Gasteiger partial charge >= 0.3 is 0 Å². The molecular formula is C21H37N5O. The summed E-state index contributed by atoms with van der Waals surface area (Å²) in [5.74, 6) is 0.823. The number of aliphatic imine (C=N–C) groups is 1. The normalized spacial score (nSPS) is 12.8. The van der Waals surface area contributed by atoms with Crippen molar-refractivity contribution < 1.29 is 4.79 Å². The number of guanidine groups is 1. The monoisotopic (exact) mass is 375 g/mol. The fourth-order valence-corrected chi connectivity index (χ4v) is 2.87. The fraction of sp³-hybridized carbons (Fsp3) is 0.619. The van der Waals surface area contributed by atoms with Crippen LogP contribution in [-0.4, -0.2) is 68.5 Å². The third-order valence-electron chi connectivity index (χ3n) is 4.68. The van der Waals surface area contributed by atoms with Gasteiger partial charge in [-0.15, -0.1) is 0 Å². The Bertz CT molecular complexity index is 579. The summed E-state index contributed by atoms with van der Waals surface area (Å²) in [6.45, 7) is 10.6. The highest BCUT2D eigenvalue weighted by molar-refractivity contribution is 5.93. The summed E-state index contributed by atoms with van der Waals surface area (Å²) in [6.07, 6.45) is 2.28. The Hall–Kier alpha value is -2.08. The number of hydrogen-bond acceptors (Lipinski definition) is 3. The molecule has 0 aliphatic heterocycles. The maximum Gasteiger partial charge on any atom is 0.253 e. The van der Waals surface area contributed by atoms with Crippen LogP contribution in [0.25, 0.3) is 0 Å². The highest BCUT2D eigenvalue weighted by atomic mass is 16.2. The Morgan fingerprint density at radius 1 is 1.15 bits per heavy atom. The summed E-state index contributed by atoms with van der Waals surface area (Å²) in [6, 6.07) is 8.05. The molecule has 0 heterocycles. The molecule has 0 aliphatic carbocycles. The van der Waals surface area contributed by atoms with E-state index in [4.69, 9.17) is 0 Å². The Labute approximate surface area is 165 Å². The lowest BCUT2D eigenvalue weighted by Crippen LogP contribution is -2.42. The molecule has 6 nitrogen and oxygen atoms in total. The Morgan fingerprint density at radius 2 is 1.78 bits per heavy atom. The van der Waals surface area contributed by atoms with Gasteiger partial charge in [0.1, 0.15) is 0 Å². The summed E-state index contributed by atoms with van der Waals surface area (Å²) >= 11 is 0. The minimum atomic E-state index is 0.0190. The molecule has 2 N–H and O–H groups in total. The maximum absolute atomic E-state index is 11.9. The first-order chi connectivity index (χ1) is 12.9. The van der Waals surface area contributed by atoms with Crippen molar-refractivity contribution in [2.45, 2.75) is 46.2 Å². The zero-order valence-electron chi connectivity index (χ0n) is 17.9. The summed E-state index contributed by atoms with van der Waals surface area (Å²) in [7, 11) is 5.31. The van der Waals surface area contributed by atoms with Crippen molar-refractivity contribution in [1.29, 1.82) is 0 Å². The van der Waals surface area contributed by atoms with Crippen LogP contribution in [0.3, 0.4) is 0 Å². The minimum Gasteiger partial charge on any atom is -0.354 e. The summed E-state index contributed by atoms with van der Waals surface area (Å²) < 4.78 is 0. The van der Waals surface area contributed by atoms with Gasteiger partial charge in [-0.05, 0) is 57.1 Å². The van der Waals surface area contributed by atoms with Gasteiger partial charge in [0.2, 0.25) is 0 Å². The van der Waals surface area contributed by atoms with Crippen LogP contribution in [0.15, 0.2) is 29.3 Å². The fourth-order valence-electron chi connectivity index (χ4n) is 2.87. The molecule has 0 saturated heterocycles. The Morgan fingerprint density at radius 3 is 2.30 bits per heavy atom. The molecule has 1 rings (SSSR count). The lowest BCUT2D eigenvalue weighted by Gasteiger charge is -2.21. The van der Waals surface area contributed by atoms with E-state index < -0.39 is 0 Å². The molecular weight excluding hydrogens is 338 g/mol. The van der Waals surface area contributed by atoms with Crippen LogP contribution in [0.5, 0.6) is 0 Å². The van der Waals surface area contributed by atoms with Crippen molar-refractivity contribution >= 4 is 11.9 Å². The molecule has 1 aromatic carbocycles. The lowest BCUT2D eigenvalue weighted by molar-refractivity contribution is 0.0827. The predicted octanol–water partition coefficient (Wildman–Crippen LogP) is 2.56. The molecule has 0 saturated carbocycles. The molecule has 1 atom stereocenters. The number of nitrogens with zero attached hydrogens (tertiary/aromatic N) is 3. The van der Waals surface area contributed by atoms with E-state index in [1.54, 1.807) is 26.0 Å². The van der Waals surface area contributed by atoms with Crippen LogP contribution in [0.2, 0.25) is 0 Å². The zero-order chi connectivity index (χ0) is 20.2. The molecule has 0 radical (unpaired) electrons. The predicted molar refractivity (Wildman–Crippen MR) is 114 cm³/mol. The van der Waals surface area contributed by atoms with E-state index in [2.05, 4.69) is 41.3 Å². The molecule has 0 aliphatic rings. The molecule has 0 aromatic heterocycles. The van der Waals surface area contributed by atoms with Crippen LogP contribution >= 0.6 is 0 Å². The number of amides is 1. The van der Waals surface area contributed by atoms with Gasteiger partial charge < -0.3 is 20.4 Å². The van der Waals surface area contributed by atoms with Gasteiger partial charge in [0.05, 0.1) is 0 Å². The van der Waals surface area contributed by atoms with Crippen molar-refractivity contribution in [2.24, 2.45) is 4.99 Å². The number of rotatable bonds is 10. The summed E-state index contributed by atoms with van der Waals surface area (Å²) in [5.41, 5.74) is 1.82.